The van der Waals surface area contributed by atoms with E-state index in [1.54, 1.807) is 6.20 Å². The van der Waals surface area contributed by atoms with E-state index in [0.717, 1.165) is 55.9 Å². The molecule has 0 saturated carbocycles. The number of aromatic nitrogens is 1. The van der Waals surface area contributed by atoms with Crippen LogP contribution in [-0.2, 0) is 0 Å². The fourth-order valence-corrected chi connectivity index (χ4v) is 4.15. The number of nitrogens with zero attached hydrogens (tertiary/aromatic N) is 4. The zero-order valence-corrected chi connectivity index (χ0v) is 16.7. The van der Waals surface area contributed by atoms with Gasteiger partial charge in [-0.05, 0) is 51.4 Å². The van der Waals surface area contributed by atoms with Crippen molar-refractivity contribution in [1.82, 2.24) is 20.5 Å². The molecule has 0 spiro atoms. The van der Waals surface area contributed by atoms with E-state index in [-0.39, 0.29) is 0 Å². The molecular formula is C19H31ClN6. The number of hydrogen-bond acceptors (Lipinski definition) is 4. The molecular weight excluding hydrogens is 348 g/mol. The summed E-state index contributed by atoms with van der Waals surface area (Å²) in [5, 5.41) is 7.71. The van der Waals surface area contributed by atoms with E-state index in [2.05, 4.69) is 39.3 Å². The van der Waals surface area contributed by atoms with Gasteiger partial charge in [0, 0.05) is 37.9 Å². The average Bonchev–Trinajstić information content (AvgIpc) is 3.29. The molecule has 2 aliphatic rings. The predicted molar refractivity (Wildman–Crippen MR) is 109 cm³/mol. The molecule has 0 aliphatic carbocycles. The van der Waals surface area contributed by atoms with Crippen LogP contribution in [0.2, 0.25) is 5.02 Å². The predicted octanol–water partition coefficient (Wildman–Crippen LogP) is 2.35. The second-order valence-electron chi connectivity index (χ2n) is 7.03. The summed E-state index contributed by atoms with van der Waals surface area (Å²) in [4.78, 5) is 14.1. The van der Waals surface area contributed by atoms with Crippen molar-refractivity contribution in [3.8, 4) is 0 Å². The highest BCUT2D eigenvalue weighted by Crippen LogP contribution is 2.25. The summed E-state index contributed by atoms with van der Waals surface area (Å²) in [5.41, 5.74) is 0. The first-order chi connectivity index (χ1) is 12.7. The van der Waals surface area contributed by atoms with Crippen molar-refractivity contribution in [1.29, 1.82) is 0 Å². The van der Waals surface area contributed by atoms with Crippen LogP contribution in [0.5, 0.6) is 0 Å². The minimum absolute atomic E-state index is 0.358. The number of nitrogens with one attached hydrogen (secondary N) is 2. The molecule has 144 valence electrons. The fraction of sp³-hybridized carbons (Fsp3) is 0.684. The molecule has 7 heteroatoms. The van der Waals surface area contributed by atoms with E-state index >= 15 is 0 Å². The third-order valence-corrected chi connectivity index (χ3v) is 5.57. The van der Waals surface area contributed by atoms with Gasteiger partial charge in [0.1, 0.15) is 5.82 Å². The van der Waals surface area contributed by atoms with E-state index in [1.165, 1.54) is 19.4 Å². The summed E-state index contributed by atoms with van der Waals surface area (Å²) in [6, 6.07) is 4.72. The minimum atomic E-state index is 0.358. The van der Waals surface area contributed by atoms with Gasteiger partial charge in [0.05, 0.1) is 11.6 Å². The molecule has 2 N–H and O–H groups in total. The summed E-state index contributed by atoms with van der Waals surface area (Å²) in [6.45, 7) is 10.3. The zero-order chi connectivity index (χ0) is 18.4. The summed E-state index contributed by atoms with van der Waals surface area (Å²) < 4.78 is 0. The van der Waals surface area contributed by atoms with Crippen molar-refractivity contribution < 1.29 is 0 Å². The lowest BCUT2D eigenvalue weighted by atomic mass is 10.2. The summed E-state index contributed by atoms with van der Waals surface area (Å²) in [6.07, 6.45) is 5.41. The van der Waals surface area contributed by atoms with Crippen LogP contribution in [0.3, 0.4) is 0 Å². The number of halogens is 1. The van der Waals surface area contributed by atoms with Crippen LogP contribution < -0.4 is 15.5 Å². The van der Waals surface area contributed by atoms with Gasteiger partial charge >= 0.3 is 0 Å². The van der Waals surface area contributed by atoms with Crippen LogP contribution in [0.1, 0.15) is 33.1 Å². The summed E-state index contributed by atoms with van der Waals surface area (Å²) >= 11 is 6.29. The number of likely N-dealkylation sites (tertiary alicyclic amines) is 1. The monoisotopic (exact) mass is 378 g/mol. The fourth-order valence-electron chi connectivity index (χ4n) is 3.91. The Kier molecular flexibility index (Phi) is 6.97. The minimum Gasteiger partial charge on any atom is -0.357 e. The molecule has 2 fully saturated rings. The van der Waals surface area contributed by atoms with Crippen molar-refractivity contribution in [2.24, 2.45) is 4.99 Å². The molecule has 1 aromatic heterocycles. The van der Waals surface area contributed by atoms with Crippen molar-refractivity contribution in [2.75, 3.05) is 44.2 Å². The number of likely N-dealkylation sites (N-methyl/N-ethyl adjacent to an activating group) is 1. The third-order valence-electron chi connectivity index (χ3n) is 5.28. The number of aliphatic imine (C=N–C) groups is 1. The molecule has 0 amide bonds. The molecule has 2 unspecified atom stereocenters. The second kappa shape index (κ2) is 9.42. The van der Waals surface area contributed by atoms with Crippen LogP contribution >= 0.6 is 11.6 Å². The maximum absolute atomic E-state index is 6.29. The standard InChI is InChI=1S/C19H31ClN6/c1-3-21-19(23-13-16-7-6-11-25(16)4-2)24-15-9-12-26(14-15)18-17(20)8-5-10-22-18/h5,8,10,15-16H,3-4,6-7,9,11-14H2,1-2H3,(H2,21,23,24). The smallest absolute Gasteiger partial charge is 0.191 e. The van der Waals surface area contributed by atoms with Crippen molar-refractivity contribution in [2.45, 2.75) is 45.2 Å². The highest BCUT2D eigenvalue weighted by molar-refractivity contribution is 6.32. The SMILES string of the molecule is CCNC(=NCC1CCCN1CC)NC1CCN(c2ncccc2Cl)C1. The molecule has 6 nitrogen and oxygen atoms in total. The first kappa shape index (κ1) is 19.2. The molecule has 0 bridgehead atoms. The quantitative estimate of drug-likeness (QED) is 0.588. The van der Waals surface area contributed by atoms with E-state index in [4.69, 9.17) is 16.6 Å². The van der Waals surface area contributed by atoms with Gasteiger partial charge in [-0.2, -0.15) is 0 Å². The van der Waals surface area contributed by atoms with Crippen LogP contribution in [-0.4, -0.2) is 67.2 Å². The Labute approximate surface area is 162 Å². The van der Waals surface area contributed by atoms with E-state index in [1.807, 2.05) is 12.1 Å². The van der Waals surface area contributed by atoms with Crippen LogP contribution in [0.15, 0.2) is 23.3 Å². The number of guanidine groups is 1. The van der Waals surface area contributed by atoms with Crippen molar-refractivity contribution in [3.63, 3.8) is 0 Å². The number of pyridine rings is 1. The molecule has 3 rings (SSSR count). The van der Waals surface area contributed by atoms with E-state index in [9.17, 15) is 0 Å². The maximum atomic E-state index is 6.29. The lowest BCUT2D eigenvalue weighted by Crippen LogP contribution is -2.45. The largest absolute Gasteiger partial charge is 0.357 e. The van der Waals surface area contributed by atoms with Crippen molar-refractivity contribution >= 4 is 23.4 Å². The Bertz CT molecular complexity index is 607. The highest BCUT2D eigenvalue weighted by Gasteiger charge is 2.26. The van der Waals surface area contributed by atoms with Gasteiger partial charge in [-0.1, -0.05) is 18.5 Å². The van der Waals surface area contributed by atoms with Gasteiger partial charge < -0.3 is 15.5 Å². The van der Waals surface area contributed by atoms with Gasteiger partial charge in [0.15, 0.2) is 5.96 Å². The van der Waals surface area contributed by atoms with Gasteiger partial charge in [-0.3, -0.25) is 9.89 Å². The number of rotatable bonds is 6. The van der Waals surface area contributed by atoms with Gasteiger partial charge in [0.2, 0.25) is 0 Å². The van der Waals surface area contributed by atoms with Crippen LogP contribution in [0.4, 0.5) is 5.82 Å². The summed E-state index contributed by atoms with van der Waals surface area (Å²) in [5.74, 6) is 1.80. The number of hydrogen-bond donors (Lipinski definition) is 2. The Morgan fingerprint density at radius 2 is 2.23 bits per heavy atom. The first-order valence-electron chi connectivity index (χ1n) is 9.85. The molecule has 2 aliphatic heterocycles. The molecule has 0 aromatic carbocycles. The lowest BCUT2D eigenvalue weighted by Gasteiger charge is -2.23. The summed E-state index contributed by atoms with van der Waals surface area (Å²) in [7, 11) is 0. The molecule has 3 heterocycles. The average molecular weight is 379 g/mol. The Morgan fingerprint density at radius 3 is 3.00 bits per heavy atom. The van der Waals surface area contributed by atoms with Crippen LogP contribution in [0, 0.1) is 0 Å². The van der Waals surface area contributed by atoms with Gasteiger partial charge in [-0.25, -0.2) is 4.98 Å². The van der Waals surface area contributed by atoms with E-state index < -0.39 is 0 Å². The van der Waals surface area contributed by atoms with Crippen LogP contribution in [0.25, 0.3) is 0 Å². The first-order valence-corrected chi connectivity index (χ1v) is 10.2. The topological polar surface area (TPSA) is 55.8 Å². The Hall–Kier alpha value is -1.53. The Balaban J connectivity index is 1.56. The third kappa shape index (κ3) is 4.80. The molecule has 1 aromatic rings. The molecule has 26 heavy (non-hydrogen) atoms. The van der Waals surface area contributed by atoms with E-state index in [0.29, 0.717) is 12.1 Å². The normalized spacial score (nSPS) is 24.3. The lowest BCUT2D eigenvalue weighted by molar-refractivity contribution is 0.273. The molecule has 0 radical (unpaired) electrons. The Morgan fingerprint density at radius 1 is 1.35 bits per heavy atom. The van der Waals surface area contributed by atoms with Gasteiger partial charge in [-0.15, -0.1) is 0 Å². The second-order valence-corrected chi connectivity index (χ2v) is 7.44. The molecule has 2 atom stereocenters. The highest BCUT2D eigenvalue weighted by atomic mass is 35.5. The number of anilines is 1. The molecule has 2 saturated heterocycles. The zero-order valence-electron chi connectivity index (χ0n) is 15.9. The maximum Gasteiger partial charge on any atom is 0.191 e. The van der Waals surface area contributed by atoms with Crippen molar-refractivity contribution in [3.05, 3.63) is 23.4 Å². The van der Waals surface area contributed by atoms with Gasteiger partial charge in [0.25, 0.3) is 0 Å².